The van der Waals surface area contributed by atoms with Gasteiger partial charge in [-0.05, 0) is 19.3 Å². The van der Waals surface area contributed by atoms with E-state index in [1.165, 1.54) is 51.4 Å². The molecule has 2 rings (SSSR count). The summed E-state index contributed by atoms with van der Waals surface area (Å²) in [6, 6.07) is 0.291. The molecule has 2 aliphatic heterocycles. The molecule has 2 fully saturated rings. The van der Waals surface area contributed by atoms with Crippen LogP contribution in [0.4, 0.5) is 0 Å². The summed E-state index contributed by atoms with van der Waals surface area (Å²) in [6.07, 6.45) is 12.8. The summed E-state index contributed by atoms with van der Waals surface area (Å²) in [6.45, 7) is 3.18. The highest BCUT2D eigenvalue weighted by molar-refractivity contribution is 4.89. The van der Waals surface area contributed by atoms with Crippen molar-refractivity contribution < 1.29 is 9.94 Å². The number of unbranched alkanes of at least 4 members (excludes halogenated alkanes) is 6. The average molecular weight is 255 g/mol. The van der Waals surface area contributed by atoms with Crippen molar-refractivity contribution in [3.63, 3.8) is 0 Å². The normalized spacial score (nSPS) is 32.0. The van der Waals surface area contributed by atoms with Gasteiger partial charge in [0.15, 0.2) is 0 Å². The second kappa shape index (κ2) is 7.46. The molecule has 0 radical (unpaired) electrons. The predicted octanol–water partition coefficient (Wildman–Crippen LogP) is 3.27. The Kier molecular flexibility index (Phi) is 5.93. The van der Waals surface area contributed by atoms with E-state index in [2.05, 4.69) is 6.92 Å². The quantitative estimate of drug-likeness (QED) is 0.676. The molecule has 0 aromatic rings. The lowest BCUT2D eigenvalue weighted by Crippen LogP contribution is -2.27. The minimum atomic E-state index is -0.149. The number of hydrogen-bond donors (Lipinski definition) is 1. The van der Waals surface area contributed by atoms with Crippen LogP contribution in [0.2, 0.25) is 0 Å². The molecule has 3 heteroatoms. The van der Waals surface area contributed by atoms with Gasteiger partial charge >= 0.3 is 0 Å². The summed E-state index contributed by atoms with van der Waals surface area (Å²) in [7, 11) is 0. The molecule has 0 aromatic carbocycles. The Balaban J connectivity index is 1.48. The molecule has 0 aromatic heterocycles. The van der Waals surface area contributed by atoms with E-state index in [9.17, 15) is 5.11 Å². The van der Waals surface area contributed by atoms with Gasteiger partial charge in [0, 0.05) is 6.54 Å². The van der Waals surface area contributed by atoms with Crippen LogP contribution in [0.1, 0.15) is 71.1 Å². The molecule has 0 unspecified atom stereocenters. The number of aliphatic hydroxyl groups excluding tert-OH is 1. The summed E-state index contributed by atoms with van der Waals surface area (Å²) >= 11 is 0. The molecule has 0 amide bonds. The summed E-state index contributed by atoms with van der Waals surface area (Å²) < 4.78 is 0. The van der Waals surface area contributed by atoms with Crippen LogP contribution in [-0.4, -0.2) is 35.0 Å². The number of hydroxylamine groups is 2. The summed E-state index contributed by atoms with van der Waals surface area (Å²) in [5.41, 5.74) is 0. The van der Waals surface area contributed by atoms with Gasteiger partial charge in [0.05, 0.1) is 18.2 Å². The van der Waals surface area contributed by atoms with Crippen LogP contribution in [0.5, 0.6) is 0 Å². The Morgan fingerprint density at radius 2 is 1.83 bits per heavy atom. The lowest BCUT2D eigenvalue weighted by Gasteiger charge is -2.14. The van der Waals surface area contributed by atoms with Crippen LogP contribution in [0.3, 0.4) is 0 Å². The molecule has 2 aliphatic rings. The van der Waals surface area contributed by atoms with Crippen LogP contribution in [-0.2, 0) is 4.84 Å². The Labute approximate surface area is 111 Å². The van der Waals surface area contributed by atoms with E-state index in [1.54, 1.807) is 0 Å². The first-order chi connectivity index (χ1) is 8.81. The fraction of sp³-hybridized carbons (Fsp3) is 1.00. The fourth-order valence-electron chi connectivity index (χ4n) is 3.22. The van der Waals surface area contributed by atoms with Gasteiger partial charge in [0.25, 0.3) is 0 Å². The average Bonchev–Trinajstić information content (AvgIpc) is 2.91. The van der Waals surface area contributed by atoms with E-state index >= 15 is 0 Å². The van der Waals surface area contributed by atoms with Gasteiger partial charge in [-0.25, -0.2) is 0 Å². The van der Waals surface area contributed by atoms with E-state index in [1.807, 2.05) is 5.06 Å². The topological polar surface area (TPSA) is 32.7 Å². The first-order valence-corrected chi connectivity index (χ1v) is 7.92. The molecule has 0 bridgehead atoms. The Morgan fingerprint density at radius 3 is 2.56 bits per heavy atom. The fourth-order valence-corrected chi connectivity index (χ4v) is 3.22. The summed E-state index contributed by atoms with van der Waals surface area (Å²) in [5, 5.41) is 11.8. The molecular weight excluding hydrogens is 226 g/mol. The minimum Gasteiger partial charge on any atom is -0.391 e. The molecule has 0 spiro atoms. The highest BCUT2D eigenvalue weighted by Gasteiger charge is 2.41. The van der Waals surface area contributed by atoms with Gasteiger partial charge in [-0.2, -0.15) is 5.06 Å². The number of rotatable bonds is 8. The zero-order valence-electron chi connectivity index (χ0n) is 11.8. The predicted molar refractivity (Wildman–Crippen MR) is 73.2 cm³/mol. The highest BCUT2D eigenvalue weighted by Crippen LogP contribution is 2.32. The number of nitrogens with zero attached hydrogens (tertiary/aromatic N) is 1. The smallest absolute Gasteiger partial charge is 0.0810 e. The molecule has 0 aliphatic carbocycles. The van der Waals surface area contributed by atoms with Crippen LogP contribution in [0, 0.1) is 0 Å². The third-order valence-corrected chi connectivity index (χ3v) is 4.38. The van der Waals surface area contributed by atoms with Crippen molar-refractivity contribution in [2.45, 2.75) is 89.4 Å². The van der Waals surface area contributed by atoms with Crippen molar-refractivity contribution in [1.82, 2.24) is 5.06 Å². The van der Waals surface area contributed by atoms with Gasteiger partial charge < -0.3 is 5.11 Å². The van der Waals surface area contributed by atoms with Gasteiger partial charge in [-0.3, -0.25) is 4.84 Å². The van der Waals surface area contributed by atoms with Crippen LogP contribution in [0.25, 0.3) is 0 Å². The first-order valence-electron chi connectivity index (χ1n) is 7.92. The van der Waals surface area contributed by atoms with E-state index in [0.29, 0.717) is 12.1 Å². The van der Waals surface area contributed by atoms with Crippen LogP contribution < -0.4 is 0 Å². The van der Waals surface area contributed by atoms with E-state index in [4.69, 9.17) is 4.84 Å². The zero-order chi connectivity index (χ0) is 12.8. The Hall–Kier alpha value is -0.120. The molecule has 18 heavy (non-hydrogen) atoms. The van der Waals surface area contributed by atoms with E-state index in [-0.39, 0.29) is 6.10 Å². The van der Waals surface area contributed by atoms with Crippen molar-refractivity contribution in [2.75, 3.05) is 6.54 Å². The monoisotopic (exact) mass is 255 g/mol. The summed E-state index contributed by atoms with van der Waals surface area (Å²) in [4.78, 5) is 5.87. The SMILES string of the molecule is CCCCCCCCC[C@H]1C[C@@H]2[C@@H](O)CCN2O1. The van der Waals surface area contributed by atoms with Gasteiger partial charge in [-0.1, -0.05) is 51.9 Å². The lowest BCUT2D eigenvalue weighted by molar-refractivity contribution is -0.152. The minimum absolute atomic E-state index is 0.149. The number of hydrogen-bond acceptors (Lipinski definition) is 3. The zero-order valence-corrected chi connectivity index (χ0v) is 11.8. The van der Waals surface area contributed by atoms with E-state index < -0.39 is 0 Å². The van der Waals surface area contributed by atoms with Crippen molar-refractivity contribution in [3.8, 4) is 0 Å². The van der Waals surface area contributed by atoms with Crippen molar-refractivity contribution in [1.29, 1.82) is 0 Å². The second-order valence-corrected chi connectivity index (χ2v) is 5.94. The third kappa shape index (κ3) is 3.94. The van der Waals surface area contributed by atoms with Crippen LogP contribution >= 0.6 is 0 Å². The molecule has 106 valence electrons. The Bertz CT molecular complexity index is 235. The largest absolute Gasteiger partial charge is 0.391 e. The maximum absolute atomic E-state index is 9.79. The Morgan fingerprint density at radius 1 is 1.11 bits per heavy atom. The molecule has 2 saturated heterocycles. The molecule has 3 nitrogen and oxygen atoms in total. The standard InChI is InChI=1S/C15H29NO2/c1-2-3-4-5-6-7-8-9-13-12-14-15(17)10-11-16(14)18-13/h13-15,17H,2-12H2,1H3/t13-,14+,15-/m0/s1. The first kappa shape index (κ1) is 14.3. The maximum atomic E-state index is 9.79. The molecule has 2 heterocycles. The van der Waals surface area contributed by atoms with Gasteiger partial charge in [0.2, 0.25) is 0 Å². The molecule has 1 N–H and O–H groups in total. The molecule has 3 atom stereocenters. The number of aliphatic hydroxyl groups is 1. The highest BCUT2D eigenvalue weighted by atomic mass is 16.7. The van der Waals surface area contributed by atoms with Crippen molar-refractivity contribution >= 4 is 0 Å². The van der Waals surface area contributed by atoms with Gasteiger partial charge in [0.1, 0.15) is 0 Å². The molecule has 0 saturated carbocycles. The summed E-state index contributed by atoms with van der Waals surface area (Å²) in [5.74, 6) is 0. The van der Waals surface area contributed by atoms with Crippen LogP contribution in [0.15, 0.2) is 0 Å². The second-order valence-electron chi connectivity index (χ2n) is 5.94. The van der Waals surface area contributed by atoms with E-state index in [0.717, 1.165) is 19.4 Å². The maximum Gasteiger partial charge on any atom is 0.0810 e. The van der Waals surface area contributed by atoms with Gasteiger partial charge in [-0.15, -0.1) is 0 Å². The number of fused-ring (bicyclic) bond motifs is 1. The third-order valence-electron chi connectivity index (χ3n) is 4.38. The van der Waals surface area contributed by atoms with Crippen molar-refractivity contribution in [3.05, 3.63) is 0 Å². The lowest BCUT2D eigenvalue weighted by atomic mass is 10.0. The van der Waals surface area contributed by atoms with Crippen molar-refractivity contribution in [2.24, 2.45) is 0 Å². The molecular formula is C15H29NO2.